The minimum atomic E-state index is -2.16. The summed E-state index contributed by atoms with van der Waals surface area (Å²) in [4.78, 5) is 0. The maximum Gasteiger partial charge on any atom is 0.135 e. The zero-order chi connectivity index (χ0) is 16.7. The summed E-state index contributed by atoms with van der Waals surface area (Å²) in [5.41, 5.74) is 22.5. The molecule has 0 heterocycles. The first-order valence-corrected chi connectivity index (χ1v) is 13.1. The molecule has 0 spiro atoms. The molecule has 0 bridgehead atoms. The second-order valence-electron chi connectivity index (χ2n) is 5.59. The zero-order valence-electron chi connectivity index (χ0n) is 13.4. The van der Waals surface area contributed by atoms with Crippen LogP contribution in [0.3, 0.4) is 0 Å². The predicted molar refractivity (Wildman–Crippen MR) is 103 cm³/mol. The Morgan fingerprint density at radius 1 is 0.952 bits per heavy atom. The first-order valence-electron chi connectivity index (χ1n) is 7.29. The van der Waals surface area contributed by atoms with Crippen LogP contribution < -0.4 is 22.0 Å². The van der Waals surface area contributed by atoms with Gasteiger partial charge in [-0.3, -0.25) is 31.4 Å². The fourth-order valence-corrected chi connectivity index (χ4v) is 4.09. The third-order valence-electron chi connectivity index (χ3n) is 3.68. The first-order chi connectivity index (χ1) is 9.50. The van der Waals surface area contributed by atoms with Crippen LogP contribution in [0.2, 0.25) is 0 Å². The third kappa shape index (κ3) is 9.72. The molecule has 1 aliphatic carbocycles. The van der Waals surface area contributed by atoms with Crippen LogP contribution in [0, 0.1) is 0 Å². The lowest BCUT2D eigenvalue weighted by atomic mass is 9.96. The van der Waals surface area contributed by atoms with Gasteiger partial charge in [0.2, 0.25) is 0 Å². The van der Waals surface area contributed by atoms with Crippen molar-refractivity contribution in [2.45, 2.75) is 51.5 Å². The Balaban J connectivity index is 0.000000400. The van der Waals surface area contributed by atoms with Crippen molar-refractivity contribution in [3.8, 4) is 0 Å². The second kappa shape index (κ2) is 10.0. The quantitative estimate of drug-likeness (QED) is 0.540. The molecule has 0 aromatic heterocycles. The number of nitrogens with zero attached hydrogens (tertiary/aromatic N) is 2. The van der Waals surface area contributed by atoms with Crippen LogP contribution >= 0.6 is 13.0 Å². The van der Waals surface area contributed by atoms with Gasteiger partial charge in [-0.1, -0.05) is 26.2 Å². The van der Waals surface area contributed by atoms with Crippen molar-refractivity contribution < 1.29 is 0 Å². The predicted octanol–water partition coefficient (Wildman–Crippen LogP) is 1.86. The van der Waals surface area contributed by atoms with Crippen molar-refractivity contribution in [2.75, 3.05) is 20.6 Å². The number of hydrogen-bond acceptors (Lipinski definition) is 2. The second-order valence-corrected chi connectivity index (χ2v) is 13.1. The van der Waals surface area contributed by atoms with E-state index in [4.69, 9.17) is 45.6 Å². The Morgan fingerprint density at radius 3 is 1.71 bits per heavy atom. The number of nitrogens with two attached hydrogens (primary N) is 4. The van der Waals surface area contributed by atoms with Gasteiger partial charge in [0.05, 0.1) is 0 Å². The topological polar surface area (TPSA) is 111 Å². The van der Waals surface area contributed by atoms with E-state index >= 15 is 0 Å². The summed E-state index contributed by atoms with van der Waals surface area (Å²) in [6.07, 6.45) is 7.41. The molecule has 1 aliphatic rings. The van der Waals surface area contributed by atoms with E-state index in [0.717, 1.165) is 13.0 Å². The highest BCUT2D eigenvalue weighted by atomic mass is 32.5. The fraction of sp³-hybridized carbons (Fsp3) is 1.00. The molecule has 0 aromatic carbocycles. The van der Waals surface area contributed by atoms with Gasteiger partial charge < -0.3 is 0 Å². The highest BCUT2D eigenvalue weighted by molar-refractivity contribution is 8.11. The molecule has 0 radical (unpaired) electrons. The van der Waals surface area contributed by atoms with E-state index in [1.54, 1.807) is 0 Å². The van der Waals surface area contributed by atoms with Gasteiger partial charge in [-0.05, 0) is 57.0 Å². The molecular formula is C11H32N6P2S2. The van der Waals surface area contributed by atoms with Crippen LogP contribution in [-0.2, 0) is 23.6 Å². The molecule has 0 aromatic rings. The molecule has 128 valence electrons. The molecule has 1 fully saturated rings. The average molecular weight is 375 g/mol. The van der Waals surface area contributed by atoms with E-state index in [9.17, 15) is 0 Å². The van der Waals surface area contributed by atoms with Gasteiger partial charge in [0.15, 0.2) is 0 Å². The summed E-state index contributed by atoms with van der Waals surface area (Å²) in [6.45, 7) is -1.30. The summed E-state index contributed by atoms with van der Waals surface area (Å²) in [7, 11) is 3.83. The van der Waals surface area contributed by atoms with Crippen molar-refractivity contribution in [3.63, 3.8) is 0 Å². The lowest BCUT2D eigenvalue weighted by Gasteiger charge is -2.35. The van der Waals surface area contributed by atoms with Gasteiger partial charge in [-0.15, -0.1) is 0 Å². The van der Waals surface area contributed by atoms with Crippen molar-refractivity contribution in [3.05, 3.63) is 0 Å². The molecule has 1 saturated carbocycles. The largest absolute Gasteiger partial charge is 0.279 e. The van der Waals surface area contributed by atoms with Gasteiger partial charge in [0.25, 0.3) is 0 Å². The Kier molecular flexibility index (Phi) is 10.5. The highest BCUT2D eigenvalue weighted by Crippen LogP contribution is 2.37. The first kappa shape index (κ1) is 22.1. The maximum atomic E-state index is 5.74. The minimum Gasteiger partial charge on any atom is -0.279 e. The summed E-state index contributed by atoms with van der Waals surface area (Å²) >= 11 is 9.95. The van der Waals surface area contributed by atoms with Crippen molar-refractivity contribution in [1.82, 2.24) is 9.34 Å². The molecule has 1 rings (SSSR count). The molecule has 10 heteroatoms. The Labute approximate surface area is 140 Å². The molecule has 0 aliphatic heterocycles. The Bertz CT molecular complexity index is 377. The van der Waals surface area contributed by atoms with E-state index < -0.39 is 13.0 Å². The van der Waals surface area contributed by atoms with Crippen LogP contribution in [0.4, 0.5) is 0 Å². The summed E-state index contributed by atoms with van der Waals surface area (Å²) < 4.78 is 3.88. The van der Waals surface area contributed by atoms with Crippen molar-refractivity contribution >= 4 is 36.6 Å². The van der Waals surface area contributed by atoms with Gasteiger partial charge in [0, 0.05) is 12.6 Å². The minimum absolute atomic E-state index is 0.541. The van der Waals surface area contributed by atoms with Crippen LogP contribution in [0.25, 0.3) is 0 Å². The number of rotatable bonds is 5. The van der Waals surface area contributed by atoms with Gasteiger partial charge in [-0.25, -0.2) is 0 Å². The molecule has 0 amide bonds. The Morgan fingerprint density at radius 2 is 1.43 bits per heavy atom. The van der Waals surface area contributed by atoms with E-state index in [1.165, 1.54) is 32.1 Å². The summed E-state index contributed by atoms with van der Waals surface area (Å²) in [5.74, 6) is 0. The molecule has 8 N–H and O–H groups in total. The lowest BCUT2D eigenvalue weighted by molar-refractivity contribution is 0.297. The SMILES string of the molecule is CCCN(C)P(N)(N)=S.CN(C1CCCCC1)P(N)(N)=S. The molecule has 6 nitrogen and oxygen atoms in total. The molecular weight excluding hydrogens is 342 g/mol. The van der Waals surface area contributed by atoms with Crippen molar-refractivity contribution in [1.29, 1.82) is 0 Å². The van der Waals surface area contributed by atoms with Crippen LogP contribution in [0.1, 0.15) is 45.4 Å². The smallest absolute Gasteiger partial charge is 0.135 e. The van der Waals surface area contributed by atoms with Gasteiger partial charge in [0.1, 0.15) is 13.0 Å². The van der Waals surface area contributed by atoms with E-state index in [-0.39, 0.29) is 0 Å². The summed E-state index contributed by atoms with van der Waals surface area (Å²) in [6, 6.07) is 0.541. The van der Waals surface area contributed by atoms with Gasteiger partial charge >= 0.3 is 0 Å². The van der Waals surface area contributed by atoms with Gasteiger partial charge in [-0.2, -0.15) is 0 Å². The lowest BCUT2D eigenvalue weighted by Crippen LogP contribution is -2.35. The maximum absolute atomic E-state index is 5.74. The average Bonchev–Trinajstić information content (AvgIpc) is 2.38. The monoisotopic (exact) mass is 374 g/mol. The van der Waals surface area contributed by atoms with E-state index in [0.29, 0.717) is 6.04 Å². The molecule has 0 saturated heterocycles. The number of hydrogen-bond donors (Lipinski definition) is 4. The standard InChI is InChI=1S/C7H18N3PS.C4H14N3PS/c1-10(11(8,9)12)7-5-3-2-4-6-7;1-3-4-7(2)8(5,6)9/h7H,2-6H2,1H3,(H4,8,9,12);3-4H2,1-2H3,(H4,5,6,9). The van der Waals surface area contributed by atoms with Crippen molar-refractivity contribution in [2.24, 2.45) is 22.0 Å². The molecule has 21 heavy (non-hydrogen) atoms. The fourth-order valence-electron chi connectivity index (χ4n) is 2.19. The van der Waals surface area contributed by atoms with E-state index in [1.807, 2.05) is 23.4 Å². The van der Waals surface area contributed by atoms with Crippen LogP contribution in [0.15, 0.2) is 0 Å². The Hall–Kier alpha value is 1.06. The van der Waals surface area contributed by atoms with Crippen LogP contribution in [0.5, 0.6) is 0 Å². The molecule has 0 atom stereocenters. The zero-order valence-corrected chi connectivity index (χ0v) is 16.9. The normalized spacial score (nSPS) is 17.8. The molecule has 0 unspecified atom stereocenters. The van der Waals surface area contributed by atoms with E-state index in [2.05, 4.69) is 6.92 Å². The third-order valence-corrected chi connectivity index (χ3v) is 7.87. The highest BCUT2D eigenvalue weighted by Gasteiger charge is 2.23. The van der Waals surface area contributed by atoms with Crippen LogP contribution in [-0.4, -0.2) is 36.0 Å². The summed E-state index contributed by atoms with van der Waals surface area (Å²) in [5, 5.41) is 0.